The zero-order valence-electron chi connectivity index (χ0n) is 10.2. The summed E-state index contributed by atoms with van der Waals surface area (Å²) in [5.41, 5.74) is 7.54. The van der Waals surface area contributed by atoms with Gasteiger partial charge in [-0.05, 0) is 54.8 Å². The molecule has 94 valence electrons. The third kappa shape index (κ3) is 3.50. The predicted molar refractivity (Wildman–Crippen MR) is 72.8 cm³/mol. The van der Waals surface area contributed by atoms with Gasteiger partial charge in [-0.1, -0.05) is 12.1 Å². The maximum atomic E-state index is 8.76. The molecule has 2 aromatic carbocycles. The first-order valence-corrected chi connectivity index (χ1v) is 6.01. The van der Waals surface area contributed by atoms with Gasteiger partial charge in [-0.2, -0.15) is 0 Å². The lowest BCUT2D eigenvalue weighted by Crippen LogP contribution is -1.90. The molecule has 0 fully saturated rings. The van der Waals surface area contributed by atoms with Crippen molar-refractivity contribution in [2.24, 2.45) is 0 Å². The van der Waals surface area contributed by atoms with Gasteiger partial charge >= 0.3 is 0 Å². The number of aliphatic hydroxyl groups excluding tert-OH is 1. The van der Waals surface area contributed by atoms with Crippen LogP contribution in [-0.2, 0) is 6.42 Å². The Bertz CT molecular complexity index is 477. The standard InChI is InChI=1S/C15H17NO2/c16-13-5-9-15(10-6-13)18-14-7-3-12(4-8-14)2-1-11-17/h3-10,17H,1-2,11,16H2. The second kappa shape index (κ2) is 6.07. The van der Waals surface area contributed by atoms with Crippen LogP contribution in [0.1, 0.15) is 12.0 Å². The SMILES string of the molecule is Nc1ccc(Oc2ccc(CCCO)cc2)cc1. The molecule has 0 radical (unpaired) electrons. The minimum Gasteiger partial charge on any atom is -0.457 e. The Hall–Kier alpha value is -2.00. The van der Waals surface area contributed by atoms with Crippen LogP contribution >= 0.6 is 0 Å². The van der Waals surface area contributed by atoms with E-state index in [0.717, 1.165) is 30.0 Å². The number of hydrogen-bond acceptors (Lipinski definition) is 3. The van der Waals surface area contributed by atoms with Crippen LogP contribution in [0.2, 0.25) is 0 Å². The fourth-order valence-electron chi connectivity index (χ4n) is 1.68. The van der Waals surface area contributed by atoms with E-state index < -0.39 is 0 Å². The maximum absolute atomic E-state index is 8.76. The van der Waals surface area contributed by atoms with Crippen molar-refractivity contribution in [2.75, 3.05) is 12.3 Å². The molecule has 0 aromatic heterocycles. The first-order chi connectivity index (χ1) is 8.78. The van der Waals surface area contributed by atoms with Crippen LogP contribution in [0.25, 0.3) is 0 Å². The van der Waals surface area contributed by atoms with Crippen LogP contribution in [0.5, 0.6) is 11.5 Å². The fraction of sp³-hybridized carbons (Fsp3) is 0.200. The van der Waals surface area contributed by atoms with Crippen molar-refractivity contribution in [3.63, 3.8) is 0 Å². The lowest BCUT2D eigenvalue weighted by molar-refractivity contribution is 0.288. The molecule has 3 heteroatoms. The Balaban J connectivity index is 1.99. The summed E-state index contributed by atoms with van der Waals surface area (Å²) < 4.78 is 5.69. The highest BCUT2D eigenvalue weighted by Crippen LogP contribution is 2.22. The van der Waals surface area contributed by atoms with E-state index in [1.165, 1.54) is 5.56 Å². The minimum absolute atomic E-state index is 0.226. The summed E-state index contributed by atoms with van der Waals surface area (Å²) in [5.74, 6) is 1.57. The van der Waals surface area contributed by atoms with E-state index in [0.29, 0.717) is 0 Å². The normalized spacial score (nSPS) is 10.3. The number of anilines is 1. The zero-order chi connectivity index (χ0) is 12.8. The maximum Gasteiger partial charge on any atom is 0.127 e. The van der Waals surface area contributed by atoms with Gasteiger partial charge in [0.15, 0.2) is 0 Å². The van der Waals surface area contributed by atoms with Crippen molar-refractivity contribution in [2.45, 2.75) is 12.8 Å². The molecular weight excluding hydrogens is 226 g/mol. The highest BCUT2D eigenvalue weighted by Gasteiger charge is 1.98. The predicted octanol–water partition coefficient (Wildman–Crippen LogP) is 2.99. The Kier molecular flexibility index (Phi) is 4.20. The van der Waals surface area contributed by atoms with Gasteiger partial charge in [-0.25, -0.2) is 0 Å². The molecule has 0 saturated carbocycles. The molecule has 0 heterocycles. The van der Waals surface area contributed by atoms with Crippen LogP contribution in [0.4, 0.5) is 5.69 Å². The summed E-state index contributed by atoms with van der Waals surface area (Å²) in [6.07, 6.45) is 1.68. The third-order valence-electron chi connectivity index (χ3n) is 2.66. The third-order valence-corrected chi connectivity index (χ3v) is 2.66. The van der Waals surface area contributed by atoms with Crippen LogP contribution < -0.4 is 10.5 Å². The highest BCUT2D eigenvalue weighted by atomic mass is 16.5. The van der Waals surface area contributed by atoms with Gasteiger partial charge in [0, 0.05) is 12.3 Å². The summed E-state index contributed by atoms with van der Waals surface area (Å²) >= 11 is 0. The topological polar surface area (TPSA) is 55.5 Å². The molecular formula is C15H17NO2. The number of nitrogens with two attached hydrogens (primary N) is 1. The Morgan fingerprint density at radius 1 is 0.889 bits per heavy atom. The Labute approximate surface area is 107 Å². The molecule has 0 spiro atoms. The largest absolute Gasteiger partial charge is 0.457 e. The Morgan fingerprint density at radius 2 is 1.44 bits per heavy atom. The molecule has 2 rings (SSSR count). The smallest absolute Gasteiger partial charge is 0.127 e. The van der Waals surface area contributed by atoms with Crippen LogP contribution in [0.3, 0.4) is 0 Å². The highest BCUT2D eigenvalue weighted by molar-refractivity contribution is 5.43. The lowest BCUT2D eigenvalue weighted by atomic mass is 10.1. The molecule has 0 bridgehead atoms. The van der Waals surface area contributed by atoms with Crippen LogP contribution in [0, 0.1) is 0 Å². The summed E-state index contributed by atoms with van der Waals surface area (Å²) in [6, 6.07) is 15.2. The van der Waals surface area contributed by atoms with E-state index in [4.69, 9.17) is 15.6 Å². The van der Waals surface area contributed by atoms with Crippen molar-refractivity contribution in [1.82, 2.24) is 0 Å². The molecule has 0 aliphatic heterocycles. The quantitative estimate of drug-likeness (QED) is 0.794. The molecule has 0 unspecified atom stereocenters. The molecule has 0 saturated heterocycles. The fourth-order valence-corrected chi connectivity index (χ4v) is 1.68. The second-order valence-corrected chi connectivity index (χ2v) is 4.14. The van der Waals surface area contributed by atoms with Crippen molar-refractivity contribution in [3.05, 3.63) is 54.1 Å². The molecule has 2 aromatic rings. The van der Waals surface area contributed by atoms with Crippen LogP contribution in [-0.4, -0.2) is 11.7 Å². The molecule has 0 aliphatic carbocycles. The van der Waals surface area contributed by atoms with Crippen LogP contribution in [0.15, 0.2) is 48.5 Å². The van der Waals surface area contributed by atoms with Gasteiger partial charge in [0.05, 0.1) is 0 Å². The van der Waals surface area contributed by atoms with Gasteiger partial charge in [-0.15, -0.1) is 0 Å². The first-order valence-electron chi connectivity index (χ1n) is 6.01. The molecule has 3 N–H and O–H groups in total. The number of hydrogen-bond donors (Lipinski definition) is 2. The lowest BCUT2D eigenvalue weighted by Gasteiger charge is -2.07. The van der Waals surface area contributed by atoms with Crippen molar-refractivity contribution in [1.29, 1.82) is 0 Å². The van der Waals surface area contributed by atoms with E-state index in [9.17, 15) is 0 Å². The molecule has 0 aliphatic rings. The zero-order valence-corrected chi connectivity index (χ0v) is 10.2. The van der Waals surface area contributed by atoms with Gasteiger partial charge < -0.3 is 15.6 Å². The number of aryl methyl sites for hydroxylation is 1. The van der Waals surface area contributed by atoms with Gasteiger partial charge in [0.2, 0.25) is 0 Å². The number of benzene rings is 2. The molecule has 0 atom stereocenters. The summed E-state index contributed by atoms with van der Waals surface area (Å²) in [4.78, 5) is 0. The monoisotopic (exact) mass is 243 g/mol. The average molecular weight is 243 g/mol. The number of rotatable bonds is 5. The van der Waals surface area contributed by atoms with E-state index in [1.54, 1.807) is 0 Å². The minimum atomic E-state index is 0.226. The second-order valence-electron chi connectivity index (χ2n) is 4.14. The van der Waals surface area contributed by atoms with Gasteiger partial charge in [-0.3, -0.25) is 0 Å². The van der Waals surface area contributed by atoms with Gasteiger partial charge in [0.25, 0.3) is 0 Å². The average Bonchev–Trinajstić information content (AvgIpc) is 2.41. The first kappa shape index (κ1) is 12.5. The van der Waals surface area contributed by atoms with E-state index in [2.05, 4.69) is 0 Å². The molecule has 18 heavy (non-hydrogen) atoms. The van der Waals surface area contributed by atoms with Crippen molar-refractivity contribution >= 4 is 5.69 Å². The Morgan fingerprint density at radius 3 is 2.00 bits per heavy atom. The summed E-state index contributed by atoms with van der Waals surface area (Å²) in [5, 5.41) is 8.76. The van der Waals surface area contributed by atoms with E-state index in [1.807, 2.05) is 48.5 Å². The number of ether oxygens (including phenoxy) is 1. The molecule has 0 amide bonds. The summed E-state index contributed by atoms with van der Waals surface area (Å²) in [7, 11) is 0. The van der Waals surface area contributed by atoms with Gasteiger partial charge in [0.1, 0.15) is 11.5 Å². The summed E-state index contributed by atoms with van der Waals surface area (Å²) in [6.45, 7) is 0.226. The van der Waals surface area contributed by atoms with Crippen molar-refractivity contribution < 1.29 is 9.84 Å². The number of aliphatic hydroxyl groups is 1. The van der Waals surface area contributed by atoms with Crippen molar-refractivity contribution in [3.8, 4) is 11.5 Å². The van der Waals surface area contributed by atoms with E-state index >= 15 is 0 Å². The van der Waals surface area contributed by atoms with E-state index in [-0.39, 0.29) is 6.61 Å². The molecule has 3 nitrogen and oxygen atoms in total. The number of nitrogen functional groups attached to an aromatic ring is 1.